The number of hydrogen-bond acceptors (Lipinski definition) is 4. The van der Waals surface area contributed by atoms with Crippen LogP contribution in [0.25, 0.3) is 0 Å². The molecule has 7 heteroatoms. The molecule has 2 aromatic rings. The first-order valence-corrected chi connectivity index (χ1v) is 12.1. The number of rotatable bonds is 2. The van der Waals surface area contributed by atoms with Crippen molar-refractivity contribution in [3.63, 3.8) is 0 Å². The van der Waals surface area contributed by atoms with Gasteiger partial charge in [-0.1, -0.05) is 12.1 Å². The number of aryl methyl sites for hydroxylation is 2. The first kappa shape index (κ1) is 23.1. The maximum absolute atomic E-state index is 13.3. The molecule has 33 heavy (non-hydrogen) atoms. The van der Waals surface area contributed by atoms with Gasteiger partial charge >= 0.3 is 0 Å². The van der Waals surface area contributed by atoms with Crippen molar-refractivity contribution in [2.75, 3.05) is 26.2 Å². The first-order valence-electron chi connectivity index (χ1n) is 12.1. The topological polar surface area (TPSA) is 71.8 Å². The number of piperidine rings is 1. The van der Waals surface area contributed by atoms with Crippen LogP contribution in [0.3, 0.4) is 0 Å². The minimum atomic E-state index is -0.286. The number of fused-ring (bicyclic) bond motifs is 3. The average Bonchev–Trinajstić information content (AvgIpc) is 2.84. The molecule has 0 spiro atoms. The van der Waals surface area contributed by atoms with E-state index in [1.807, 2.05) is 24.0 Å². The minimum absolute atomic E-state index is 0.0123. The van der Waals surface area contributed by atoms with Crippen LogP contribution in [0.1, 0.15) is 54.9 Å². The van der Waals surface area contributed by atoms with Crippen molar-refractivity contribution in [1.82, 2.24) is 14.4 Å². The molecule has 1 unspecified atom stereocenters. The highest BCUT2D eigenvalue weighted by Crippen LogP contribution is 2.24. The predicted octanol–water partition coefficient (Wildman–Crippen LogP) is 3.11. The summed E-state index contributed by atoms with van der Waals surface area (Å²) >= 11 is 0. The molecule has 1 aromatic carbocycles. The summed E-state index contributed by atoms with van der Waals surface area (Å²) in [6, 6.07) is 11.4. The maximum atomic E-state index is 13.3. The molecule has 2 aliphatic rings. The van der Waals surface area contributed by atoms with E-state index in [9.17, 15) is 14.4 Å². The van der Waals surface area contributed by atoms with Crippen LogP contribution in [0.5, 0.6) is 5.75 Å². The largest absolute Gasteiger partial charge is 0.494 e. The Morgan fingerprint density at radius 1 is 1.06 bits per heavy atom. The molecule has 0 N–H and O–H groups in total. The van der Waals surface area contributed by atoms with Crippen LogP contribution in [0.2, 0.25) is 0 Å². The third-order valence-corrected chi connectivity index (χ3v) is 6.65. The van der Waals surface area contributed by atoms with Crippen molar-refractivity contribution in [3.8, 4) is 5.75 Å². The van der Waals surface area contributed by atoms with Crippen LogP contribution in [0, 0.1) is 0 Å². The fourth-order valence-corrected chi connectivity index (χ4v) is 4.79. The summed E-state index contributed by atoms with van der Waals surface area (Å²) < 4.78 is 7.47. The Labute approximate surface area is 194 Å². The summed E-state index contributed by atoms with van der Waals surface area (Å²) in [5, 5.41) is 0. The van der Waals surface area contributed by atoms with Gasteiger partial charge in [-0.15, -0.1) is 0 Å². The van der Waals surface area contributed by atoms with Crippen LogP contribution in [0.15, 0.2) is 47.4 Å². The smallest absolute Gasteiger partial charge is 0.254 e. The van der Waals surface area contributed by atoms with E-state index in [1.165, 1.54) is 11.6 Å². The molecule has 2 bridgehead atoms. The van der Waals surface area contributed by atoms with Gasteiger partial charge in [-0.2, -0.15) is 0 Å². The molecule has 1 fully saturated rings. The fourth-order valence-electron chi connectivity index (χ4n) is 4.79. The summed E-state index contributed by atoms with van der Waals surface area (Å²) in [4.78, 5) is 42.5. The predicted molar refractivity (Wildman–Crippen MR) is 127 cm³/mol. The molecule has 176 valence electrons. The molecule has 1 saturated heterocycles. The second-order valence-corrected chi connectivity index (χ2v) is 8.89. The number of aromatic nitrogens is 1. The summed E-state index contributed by atoms with van der Waals surface area (Å²) in [5.41, 5.74) is 1.33. The van der Waals surface area contributed by atoms with E-state index in [-0.39, 0.29) is 30.0 Å². The highest BCUT2D eigenvalue weighted by molar-refractivity contribution is 5.96. The molecule has 0 aliphatic carbocycles. The lowest BCUT2D eigenvalue weighted by atomic mass is 9.95. The number of pyridine rings is 1. The Morgan fingerprint density at radius 3 is 2.76 bits per heavy atom. The van der Waals surface area contributed by atoms with Crippen molar-refractivity contribution in [2.24, 2.45) is 0 Å². The molecule has 4 rings (SSSR count). The standard InChI is InChI=1S/C26H33N3O4/c1-2-27-15-12-21(18-24(27)30)26(32)28-13-6-16-33-23-9-5-7-20(17-23)10-11-22-8-3-4-14-29(22)25(31)19-28/h5,7,9,12,15,17-18,22H,2-4,6,8,10-11,13-14,16,19H2,1H3. The Balaban J connectivity index is 1.58. The van der Waals surface area contributed by atoms with E-state index in [0.717, 1.165) is 44.4 Å². The number of amides is 2. The molecular weight excluding hydrogens is 418 g/mol. The zero-order valence-corrected chi connectivity index (χ0v) is 19.4. The second-order valence-electron chi connectivity index (χ2n) is 8.89. The van der Waals surface area contributed by atoms with Gasteiger partial charge in [-0.3, -0.25) is 14.4 Å². The molecule has 2 aliphatic heterocycles. The summed E-state index contributed by atoms with van der Waals surface area (Å²) in [5.74, 6) is 0.537. The van der Waals surface area contributed by atoms with Crippen LogP contribution < -0.4 is 10.3 Å². The molecular formula is C26H33N3O4. The van der Waals surface area contributed by atoms with Crippen LogP contribution in [0.4, 0.5) is 0 Å². The number of carbonyl (C=O) groups is 2. The van der Waals surface area contributed by atoms with E-state index in [1.54, 1.807) is 21.7 Å². The van der Waals surface area contributed by atoms with Crippen molar-refractivity contribution in [2.45, 2.75) is 58.0 Å². The van der Waals surface area contributed by atoms with Gasteiger partial charge in [0.2, 0.25) is 5.91 Å². The van der Waals surface area contributed by atoms with E-state index >= 15 is 0 Å². The lowest BCUT2D eigenvalue weighted by molar-refractivity contribution is -0.135. The zero-order valence-electron chi connectivity index (χ0n) is 19.4. The maximum Gasteiger partial charge on any atom is 0.254 e. The van der Waals surface area contributed by atoms with Gasteiger partial charge < -0.3 is 19.1 Å². The highest BCUT2D eigenvalue weighted by atomic mass is 16.5. The lowest BCUT2D eigenvalue weighted by Crippen LogP contribution is -2.49. The number of ether oxygens (including phenoxy) is 1. The molecule has 0 saturated carbocycles. The Hall–Kier alpha value is -3.09. The Morgan fingerprint density at radius 2 is 1.94 bits per heavy atom. The summed E-state index contributed by atoms with van der Waals surface area (Å²) in [6.07, 6.45) is 7.13. The monoisotopic (exact) mass is 451 g/mol. The van der Waals surface area contributed by atoms with Gasteiger partial charge in [-0.25, -0.2) is 0 Å². The Kier molecular flexibility index (Phi) is 7.47. The third-order valence-electron chi connectivity index (χ3n) is 6.65. The second kappa shape index (κ2) is 10.7. The van der Waals surface area contributed by atoms with E-state index in [4.69, 9.17) is 4.74 Å². The van der Waals surface area contributed by atoms with Crippen LogP contribution >= 0.6 is 0 Å². The van der Waals surface area contributed by atoms with E-state index in [2.05, 4.69) is 12.1 Å². The third kappa shape index (κ3) is 5.64. The summed E-state index contributed by atoms with van der Waals surface area (Å²) in [7, 11) is 0. The number of hydrogen-bond donors (Lipinski definition) is 0. The van der Waals surface area contributed by atoms with Gasteiger partial charge in [0.15, 0.2) is 0 Å². The van der Waals surface area contributed by atoms with Gasteiger partial charge in [0, 0.05) is 43.5 Å². The van der Waals surface area contributed by atoms with Gasteiger partial charge in [0.25, 0.3) is 11.5 Å². The molecule has 2 amide bonds. The van der Waals surface area contributed by atoms with Crippen molar-refractivity contribution >= 4 is 11.8 Å². The molecule has 3 heterocycles. The highest BCUT2D eigenvalue weighted by Gasteiger charge is 2.29. The molecule has 7 nitrogen and oxygen atoms in total. The quantitative estimate of drug-likeness (QED) is 0.704. The molecule has 1 aromatic heterocycles. The van der Waals surface area contributed by atoms with Gasteiger partial charge in [0.1, 0.15) is 12.3 Å². The van der Waals surface area contributed by atoms with Crippen LogP contribution in [-0.2, 0) is 17.8 Å². The fraction of sp³-hybridized carbons (Fsp3) is 0.500. The Bertz CT molecular complexity index is 1050. The first-order chi connectivity index (χ1) is 16.0. The van der Waals surface area contributed by atoms with Gasteiger partial charge in [0.05, 0.1) is 6.61 Å². The van der Waals surface area contributed by atoms with Gasteiger partial charge in [-0.05, 0) is 69.2 Å². The zero-order chi connectivity index (χ0) is 23.2. The lowest BCUT2D eigenvalue weighted by Gasteiger charge is -2.37. The van der Waals surface area contributed by atoms with Crippen molar-refractivity contribution in [3.05, 3.63) is 64.1 Å². The van der Waals surface area contributed by atoms with Crippen molar-refractivity contribution < 1.29 is 14.3 Å². The number of nitrogens with zero attached hydrogens (tertiary/aromatic N) is 3. The van der Waals surface area contributed by atoms with Crippen molar-refractivity contribution in [1.29, 1.82) is 0 Å². The van der Waals surface area contributed by atoms with Crippen LogP contribution in [-0.4, -0.2) is 58.5 Å². The summed E-state index contributed by atoms with van der Waals surface area (Å²) in [6.45, 7) is 4.03. The SMILES string of the molecule is CCn1ccc(C(=O)N2CCCOc3cccc(c3)CCC3CCCCN3C(=O)C2)cc1=O. The normalized spacial score (nSPS) is 19.9. The minimum Gasteiger partial charge on any atom is -0.494 e. The molecule has 0 radical (unpaired) electrons. The average molecular weight is 452 g/mol. The number of benzene rings is 1. The van der Waals surface area contributed by atoms with E-state index in [0.29, 0.717) is 31.7 Å². The number of carbonyl (C=O) groups excluding carboxylic acids is 2. The van der Waals surface area contributed by atoms with E-state index < -0.39 is 0 Å². The molecule has 1 atom stereocenters.